The van der Waals surface area contributed by atoms with Crippen molar-refractivity contribution in [1.82, 2.24) is 0 Å². The molecule has 1 aromatic rings. The van der Waals surface area contributed by atoms with Crippen molar-refractivity contribution in [3.63, 3.8) is 0 Å². The third-order valence-corrected chi connectivity index (χ3v) is 5.11. The van der Waals surface area contributed by atoms with Crippen LogP contribution in [0, 0.1) is 11.8 Å². The van der Waals surface area contributed by atoms with E-state index < -0.39 is 0 Å². The Balaban J connectivity index is 1.83. The van der Waals surface area contributed by atoms with Gasteiger partial charge in [-0.15, -0.1) is 0 Å². The van der Waals surface area contributed by atoms with E-state index in [0.29, 0.717) is 17.6 Å². The molecule has 1 aromatic heterocycles. The van der Waals surface area contributed by atoms with Crippen LogP contribution in [0.25, 0.3) is 0 Å². The van der Waals surface area contributed by atoms with Gasteiger partial charge in [0.25, 0.3) is 0 Å². The number of ketones is 1. The van der Waals surface area contributed by atoms with Gasteiger partial charge >= 0.3 is 0 Å². The largest absolute Gasteiger partial charge is 0.325 e. The maximum Gasteiger partial charge on any atom is 0.172 e. The number of piperidine rings is 3. The highest BCUT2D eigenvalue weighted by Crippen LogP contribution is 2.38. The molecule has 3 heteroatoms. The van der Waals surface area contributed by atoms with Crippen molar-refractivity contribution in [2.45, 2.75) is 12.8 Å². The maximum atomic E-state index is 12.4. The Bertz CT molecular complexity index is 390. The molecule has 1 atom stereocenters. The van der Waals surface area contributed by atoms with Gasteiger partial charge in [-0.05, 0) is 17.4 Å². The number of carbonyl (C=O) groups is 1. The highest BCUT2D eigenvalue weighted by Gasteiger charge is 2.46. The molecule has 3 aliphatic heterocycles. The van der Waals surface area contributed by atoms with E-state index >= 15 is 0 Å². The summed E-state index contributed by atoms with van der Waals surface area (Å²) in [4.78, 5) is 12.4. The summed E-state index contributed by atoms with van der Waals surface area (Å²) in [6.45, 7) is 3.62. The monoisotopic (exact) mass is 236 g/mol. The first-order valence-electron chi connectivity index (χ1n) is 6.08. The lowest BCUT2D eigenvalue weighted by Gasteiger charge is -2.50. The summed E-state index contributed by atoms with van der Waals surface area (Å²) in [6, 6.07) is 1.98. The van der Waals surface area contributed by atoms with Crippen LogP contribution in [0.4, 0.5) is 0 Å². The molecule has 0 spiro atoms. The topological polar surface area (TPSA) is 17.1 Å². The maximum absolute atomic E-state index is 12.4. The predicted octanol–water partition coefficient (Wildman–Crippen LogP) is 2.42. The zero-order chi connectivity index (χ0) is 11.2. The SMILES string of the molecule is C[N+]12CCC(CC1)[C@H](C(=O)c1ccsc1)C2. The van der Waals surface area contributed by atoms with Gasteiger partial charge in [0.2, 0.25) is 0 Å². The molecule has 4 rings (SSSR count). The number of fused-ring (bicyclic) bond motifs is 3. The third-order valence-electron chi connectivity index (χ3n) is 4.43. The number of hydrogen-bond donors (Lipinski definition) is 0. The van der Waals surface area contributed by atoms with Gasteiger partial charge in [0.05, 0.1) is 32.6 Å². The Kier molecular flexibility index (Phi) is 2.41. The Labute approximate surface area is 100 Å². The van der Waals surface area contributed by atoms with E-state index in [1.165, 1.54) is 25.9 Å². The minimum Gasteiger partial charge on any atom is -0.325 e. The van der Waals surface area contributed by atoms with E-state index in [1.54, 1.807) is 11.3 Å². The predicted molar refractivity (Wildman–Crippen MR) is 65.6 cm³/mol. The van der Waals surface area contributed by atoms with E-state index in [1.807, 2.05) is 16.8 Å². The highest BCUT2D eigenvalue weighted by atomic mass is 32.1. The summed E-state index contributed by atoms with van der Waals surface area (Å²) in [6.07, 6.45) is 2.49. The Morgan fingerprint density at radius 2 is 2.19 bits per heavy atom. The molecule has 0 saturated carbocycles. The minimum atomic E-state index is 0.294. The smallest absolute Gasteiger partial charge is 0.172 e. The minimum absolute atomic E-state index is 0.294. The summed E-state index contributed by atoms with van der Waals surface area (Å²) in [5.74, 6) is 1.35. The molecule has 2 bridgehead atoms. The second-order valence-corrected chi connectivity index (χ2v) is 6.35. The van der Waals surface area contributed by atoms with Crippen LogP contribution >= 0.6 is 11.3 Å². The number of carbonyl (C=O) groups excluding carboxylic acids is 1. The molecule has 0 radical (unpaired) electrons. The fraction of sp³-hybridized carbons (Fsp3) is 0.615. The van der Waals surface area contributed by atoms with Crippen LogP contribution in [0.3, 0.4) is 0 Å². The lowest BCUT2D eigenvalue weighted by molar-refractivity contribution is -0.927. The number of Topliss-reactive ketones (excluding diaryl/α,β-unsaturated/α-hetero) is 1. The summed E-state index contributed by atoms with van der Waals surface area (Å²) in [5.41, 5.74) is 0.940. The number of quaternary nitrogens is 1. The Morgan fingerprint density at radius 3 is 2.75 bits per heavy atom. The van der Waals surface area contributed by atoms with Gasteiger partial charge in [0, 0.05) is 23.8 Å². The van der Waals surface area contributed by atoms with Crippen LogP contribution in [-0.2, 0) is 0 Å². The van der Waals surface area contributed by atoms with Crippen LogP contribution in [0.15, 0.2) is 16.8 Å². The van der Waals surface area contributed by atoms with E-state index in [4.69, 9.17) is 0 Å². The van der Waals surface area contributed by atoms with Crippen LogP contribution in [0.5, 0.6) is 0 Å². The van der Waals surface area contributed by atoms with Gasteiger partial charge in [-0.2, -0.15) is 11.3 Å². The van der Waals surface area contributed by atoms with Gasteiger partial charge in [-0.1, -0.05) is 0 Å². The van der Waals surface area contributed by atoms with Crippen LogP contribution in [0.1, 0.15) is 23.2 Å². The number of rotatable bonds is 2. The summed E-state index contributed by atoms with van der Waals surface area (Å²) in [5, 5.41) is 4.00. The molecule has 2 nitrogen and oxygen atoms in total. The van der Waals surface area contributed by atoms with Crippen LogP contribution < -0.4 is 0 Å². The zero-order valence-corrected chi connectivity index (χ0v) is 10.5. The van der Waals surface area contributed by atoms with Gasteiger partial charge < -0.3 is 4.48 Å². The lowest BCUT2D eigenvalue weighted by atomic mass is 9.74. The van der Waals surface area contributed by atoms with Crippen molar-refractivity contribution in [1.29, 1.82) is 0 Å². The van der Waals surface area contributed by atoms with Crippen molar-refractivity contribution < 1.29 is 9.28 Å². The van der Waals surface area contributed by atoms with Crippen molar-refractivity contribution >= 4 is 17.1 Å². The molecular formula is C13H18NOS+. The zero-order valence-electron chi connectivity index (χ0n) is 9.69. The standard InChI is InChI=1S/C13H18NOS/c1-14-5-2-10(3-6-14)12(8-14)13(15)11-4-7-16-9-11/h4,7,9-10,12H,2-3,5-6,8H2,1H3/q+1/t10?,12-,14?/m1/s1. The number of thiophene rings is 1. The molecule has 3 fully saturated rings. The van der Waals surface area contributed by atoms with Gasteiger partial charge in [-0.3, -0.25) is 4.79 Å². The molecule has 0 aromatic carbocycles. The second kappa shape index (κ2) is 3.67. The molecule has 16 heavy (non-hydrogen) atoms. The van der Waals surface area contributed by atoms with Crippen LogP contribution in [0.2, 0.25) is 0 Å². The Morgan fingerprint density at radius 1 is 1.44 bits per heavy atom. The molecule has 0 unspecified atom stereocenters. The highest BCUT2D eigenvalue weighted by molar-refractivity contribution is 7.08. The molecule has 3 aliphatic rings. The van der Waals surface area contributed by atoms with Crippen molar-refractivity contribution in [3.8, 4) is 0 Å². The first-order valence-corrected chi connectivity index (χ1v) is 7.02. The molecule has 4 heterocycles. The van der Waals surface area contributed by atoms with E-state index in [-0.39, 0.29) is 0 Å². The number of nitrogens with zero attached hydrogens (tertiary/aromatic N) is 1. The Hall–Kier alpha value is -0.670. The van der Waals surface area contributed by atoms with Crippen molar-refractivity contribution in [2.24, 2.45) is 11.8 Å². The molecule has 0 aliphatic carbocycles. The molecule has 86 valence electrons. The summed E-state index contributed by atoms with van der Waals surface area (Å²) < 4.78 is 1.12. The fourth-order valence-corrected chi connectivity index (χ4v) is 3.98. The summed E-state index contributed by atoms with van der Waals surface area (Å²) in [7, 11) is 2.31. The first kappa shape index (κ1) is 10.5. The lowest BCUT2D eigenvalue weighted by Crippen LogP contribution is -2.60. The molecule has 3 saturated heterocycles. The van der Waals surface area contributed by atoms with Crippen molar-refractivity contribution in [2.75, 3.05) is 26.7 Å². The second-order valence-electron chi connectivity index (χ2n) is 5.57. The average Bonchev–Trinajstić information content (AvgIpc) is 2.81. The average molecular weight is 236 g/mol. The molecular weight excluding hydrogens is 218 g/mol. The quantitative estimate of drug-likeness (QED) is 0.569. The number of hydrogen-bond acceptors (Lipinski definition) is 2. The van der Waals surface area contributed by atoms with E-state index in [2.05, 4.69) is 7.05 Å². The molecule has 0 amide bonds. The van der Waals surface area contributed by atoms with E-state index in [0.717, 1.165) is 16.6 Å². The van der Waals surface area contributed by atoms with Gasteiger partial charge in [0.15, 0.2) is 5.78 Å². The third kappa shape index (κ3) is 1.62. The normalized spacial score (nSPS) is 37.6. The van der Waals surface area contributed by atoms with E-state index in [9.17, 15) is 4.79 Å². The summed E-state index contributed by atoms with van der Waals surface area (Å²) >= 11 is 1.63. The fourth-order valence-electron chi connectivity index (χ4n) is 3.34. The first-order chi connectivity index (χ1) is 7.68. The van der Waals surface area contributed by atoms with Gasteiger partial charge in [-0.25, -0.2) is 0 Å². The van der Waals surface area contributed by atoms with Crippen LogP contribution in [-0.4, -0.2) is 36.9 Å². The molecule has 0 N–H and O–H groups in total. The van der Waals surface area contributed by atoms with Gasteiger partial charge in [0.1, 0.15) is 0 Å². The van der Waals surface area contributed by atoms with Crippen molar-refractivity contribution in [3.05, 3.63) is 22.4 Å².